The van der Waals surface area contributed by atoms with E-state index in [1.807, 2.05) is 13.8 Å². The lowest BCUT2D eigenvalue weighted by molar-refractivity contribution is 0.0284. The Hall–Kier alpha value is -0.880. The molecule has 1 aromatic carbocycles. The summed E-state index contributed by atoms with van der Waals surface area (Å²) in [5.41, 5.74) is 0.153. The van der Waals surface area contributed by atoms with Crippen LogP contribution in [0.25, 0.3) is 0 Å². The standard InChI is InChI=1S/C16H25FN2O2.ClH/c1-16(2,11-20)15(19-9-7-18-8-10-19)12-5-4-6-13(21-3)14(12)17;/h4-6,15,18,20H,7-11H2,1-3H3;1H/t15-;/m1./s1. The lowest BCUT2D eigenvalue weighted by Crippen LogP contribution is -2.49. The minimum absolute atomic E-state index is 0. The average molecular weight is 333 g/mol. The monoisotopic (exact) mass is 332 g/mol. The smallest absolute Gasteiger partial charge is 0.169 e. The summed E-state index contributed by atoms with van der Waals surface area (Å²) in [4.78, 5) is 2.24. The van der Waals surface area contributed by atoms with E-state index in [1.165, 1.54) is 7.11 Å². The molecule has 1 aliphatic rings. The molecule has 0 saturated carbocycles. The Kier molecular flexibility index (Phi) is 7.06. The van der Waals surface area contributed by atoms with Crippen LogP contribution in [0.4, 0.5) is 4.39 Å². The number of hydrogen-bond donors (Lipinski definition) is 2. The maximum atomic E-state index is 14.7. The molecular weight excluding hydrogens is 307 g/mol. The van der Waals surface area contributed by atoms with E-state index in [0.717, 1.165) is 26.2 Å². The first-order chi connectivity index (χ1) is 10.0. The molecular formula is C16H26ClFN2O2. The topological polar surface area (TPSA) is 44.7 Å². The molecule has 0 spiro atoms. The van der Waals surface area contributed by atoms with Crippen molar-refractivity contribution in [3.8, 4) is 5.75 Å². The fraction of sp³-hybridized carbons (Fsp3) is 0.625. The summed E-state index contributed by atoms with van der Waals surface area (Å²) in [6.07, 6.45) is 0. The number of hydrogen-bond acceptors (Lipinski definition) is 4. The van der Waals surface area contributed by atoms with Gasteiger partial charge in [0.1, 0.15) is 0 Å². The molecule has 1 aromatic rings. The molecule has 1 aliphatic heterocycles. The van der Waals surface area contributed by atoms with Gasteiger partial charge in [-0.25, -0.2) is 4.39 Å². The van der Waals surface area contributed by atoms with E-state index in [0.29, 0.717) is 5.56 Å². The van der Waals surface area contributed by atoms with Crippen LogP contribution in [0.1, 0.15) is 25.5 Å². The second-order valence-corrected chi connectivity index (χ2v) is 6.20. The van der Waals surface area contributed by atoms with Crippen LogP contribution in [0.15, 0.2) is 18.2 Å². The van der Waals surface area contributed by atoms with E-state index in [4.69, 9.17) is 4.74 Å². The van der Waals surface area contributed by atoms with Crippen molar-refractivity contribution < 1.29 is 14.2 Å². The Bertz CT molecular complexity index is 479. The molecule has 4 nitrogen and oxygen atoms in total. The minimum atomic E-state index is -0.440. The van der Waals surface area contributed by atoms with Crippen molar-refractivity contribution in [2.75, 3.05) is 39.9 Å². The van der Waals surface area contributed by atoms with E-state index in [2.05, 4.69) is 10.2 Å². The van der Waals surface area contributed by atoms with Crippen molar-refractivity contribution in [1.29, 1.82) is 0 Å². The summed E-state index contributed by atoms with van der Waals surface area (Å²) < 4.78 is 19.8. The van der Waals surface area contributed by atoms with Crippen molar-refractivity contribution in [3.63, 3.8) is 0 Å². The highest BCUT2D eigenvalue weighted by molar-refractivity contribution is 5.85. The number of benzene rings is 1. The molecule has 1 saturated heterocycles. The van der Waals surface area contributed by atoms with Crippen LogP contribution in [0.5, 0.6) is 5.75 Å². The highest BCUT2D eigenvalue weighted by atomic mass is 35.5. The van der Waals surface area contributed by atoms with Gasteiger partial charge in [-0.05, 0) is 6.07 Å². The molecule has 2 rings (SSSR count). The van der Waals surface area contributed by atoms with Crippen LogP contribution in [0.3, 0.4) is 0 Å². The largest absolute Gasteiger partial charge is 0.494 e. The number of rotatable bonds is 5. The molecule has 0 unspecified atom stereocenters. The molecule has 0 amide bonds. The Morgan fingerprint density at radius 3 is 2.55 bits per heavy atom. The molecule has 0 bridgehead atoms. The van der Waals surface area contributed by atoms with Crippen molar-refractivity contribution in [2.24, 2.45) is 5.41 Å². The highest BCUT2D eigenvalue weighted by Crippen LogP contribution is 2.40. The SMILES string of the molecule is COc1cccc([C@@H](N2CCNCC2)C(C)(C)CO)c1F.Cl. The number of halogens is 2. The number of nitrogens with zero attached hydrogens (tertiary/aromatic N) is 1. The van der Waals surface area contributed by atoms with Crippen molar-refractivity contribution in [2.45, 2.75) is 19.9 Å². The van der Waals surface area contributed by atoms with Crippen molar-refractivity contribution in [1.82, 2.24) is 10.2 Å². The summed E-state index contributed by atoms with van der Waals surface area (Å²) in [6.45, 7) is 7.37. The van der Waals surface area contributed by atoms with Gasteiger partial charge >= 0.3 is 0 Å². The second kappa shape index (κ2) is 8.11. The predicted molar refractivity (Wildman–Crippen MR) is 88.3 cm³/mol. The van der Waals surface area contributed by atoms with Gasteiger partial charge in [0.2, 0.25) is 0 Å². The summed E-state index contributed by atoms with van der Waals surface area (Å²) in [5, 5.41) is 13.1. The van der Waals surface area contributed by atoms with Gasteiger partial charge in [0.25, 0.3) is 0 Å². The quantitative estimate of drug-likeness (QED) is 0.868. The number of methoxy groups -OCH3 is 1. The lowest BCUT2D eigenvalue weighted by Gasteiger charge is -2.43. The van der Waals surface area contributed by atoms with Gasteiger partial charge in [0, 0.05) is 49.8 Å². The molecule has 22 heavy (non-hydrogen) atoms. The number of piperazine rings is 1. The van der Waals surface area contributed by atoms with Gasteiger partial charge in [-0.15, -0.1) is 12.4 Å². The van der Waals surface area contributed by atoms with E-state index in [9.17, 15) is 9.50 Å². The summed E-state index contributed by atoms with van der Waals surface area (Å²) in [6, 6.07) is 5.04. The fourth-order valence-corrected chi connectivity index (χ4v) is 3.04. The Morgan fingerprint density at radius 2 is 2.00 bits per heavy atom. The average Bonchev–Trinajstić information content (AvgIpc) is 2.50. The normalized spacial score (nSPS) is 17.7. The molecule has 1 heterocycles. The second-order valence-electron chi connectivity index (χ2n) is 6.20. The van der Waals surface area contributed by atoms with Crippen LogP contribution in [-0.4, -0.2) is 49.9 Å². The third-order valence-electron chi connectivity index (χ3n) is 4.17. The third kappa shape index (κ3) is 3.90. The maximum Gasteiger partial charge on any atom is 0.169 e. The molecule has 0 aromatic heterocycles. The van der Waals surface area contributed by atoms with Gasteiger partial charge < -0.3 is 15.2 Å². The Morgan fingerprint density at radius 1 is 1.36 bits per heavy atom. The van der Waals surface area contributed by atoms with Crippen LogP contribution >= 0.6 is 12.4 Å². The first-order valence-corrected chi connectivity index (χ1v) is 7.39. The van der Waals surface area contributed by atoms with Crippen LogP contribution in [0.2, 0.25) is 0 Å². The molecule has 1 atom stereocenters. The van der Waals surface area contributed by atoms with Gasteiger partial charge in [-0.1, -0.05) is 26.0 Å². The third-order valence-corrected chi connectivity index (χ3v) is 4.17. The van der Waals surface area contributed by atoms with Gasteiger partial charge in [0.15, 0.2) is 11.6 Å². The van der Waals surface area contributed by atoms with Crippen molar-refractivity contribution >= 4 is 12.4 Å². The Balaban J connectivity index is 0.00000242. The molecule has 2 N–H and O–H groups in total. The van der Waals surface area contributed by atoms with E-state index in [-0.39, 0.29) is 36.6 Å². The maximum absolute atomic E-state index is 14.7. The lowest BCUT2D eigenvalue weighted by atomic mass is 9.79. The van der Waals surface area contributed by atoms with E-state index < -0.39 is 5.41 Å². The van der Waals surface area contributed by atoms with Gasteiger partial charge in [-0.2, -0.15) is 0 Å². The summed E-state index contributed by atoms with van der Waals surface area (Å²) in [5.74, 6) is -0.0774. The first-order valence-electron chi connectivity index (χ1n) is 7.39. The zero-order valence-electron chi connectivity index (χ0n) is 13.4. The van der Waals surface area contributed by atoms with E-state index >= 15 is 0 Å². The zero-order valence-corrected chi connectivity index (χ0v) is 14.3. The molecule has 0 aliphatic carbocycles. The number of nitrogens with one attached hydrogen (secondary N) is 1. The van der Waals surface area contributed by atoms with Crippen molar-refractivity contribution in [3.05, 3.63) is 29.6 Å². The highest BCUT2D eigenvalue weighted by Gasteiger charge is 2.37. The van der Waals surface area contributed by atoms with E-state index in [1.54, 1.807) is 18.2 Å². The van der Waals surface area contributed by atoms with Gasteiger partial charge in [0.05, 0.1) is 7.11 Å². The number of aliphatic hydroxyl groups is 1. The predicted octanol–water partition coefficient (Wildman–Crippen LogP) is 2.22. The first kappa shape index (κ1) is 19.2. The minimum Gasteiger partial charge on any atom is -0.494 e. The van der Waals surface area contributed by atoms with Crippen LogP contribution in [0, 0.1) is 11.2 Å². The fourth-order valence-electron chi connectivity index (χ4n) is 3.04. The molecule has 1 fully saturated rings. The molecule has 126 valence electrons. The number of ether oxygens (including phenoxy) is 1. The number of aliphatic hydroxyl groups excluding tert-OH is 1. The zero-order chi connectivity index (χ0) is 15.5. The van der Waals surface area contributed by atoms with Crippen LogP contribution in [-0.2, 0) is 0 Å². The Labute approximate surface area is 138 Å². The molecule has 0 radical (unpaired) electrons. The summed E-state index contributed by atoms with van der Waals surface area (Å²) >= 11 is 0. The van der Waals surface area contributed by atoms with Crippen LogP contribution < -0.4 is 10.1 Å². The summed E-state index contributed by atoms with van der Waals surface area (Å²) in [7, 11) is 1.47. The molecule has 6 heteroatoms. The van der Waals surface area contributed by atoms with Gasteiger partial charge in [-0.3, -0.25) is 4.90 Å².